The quantitative estimate of drug-likeness (QED) is 0.781. The number of benzene rings is 1. The topological polar surface area (TPSA) is 68.5 Å². The molecule has 1 fully saturated rings. The van der Waals surface area contributed by atoms with Gasteiger partial charge < -0.3 is 14.5 Å². The molecule has 0 bridgehead atoms. The molecular weight excluding hydrogens is 318 g/mol. The molecule has 1 N–H and O–H groups in total. The van der Waals surface area contributed by atoms with Gasteiger partial charge in [-0.05, 0) is 56.2 Å². The van der Waals surface area contributed by atoms with Crippen LogP contribution in [0, 0.1) is 0 Å². The molecule has 1 aliphatic carbocycles. The highest BCUT2D eigenvalue weighted by Gasteiger charge is 2.16. The molecule has 2 aromatic rings. The van der Waals surface area contributed by atoms with Gasteiger partial charge in [0, 0.05) is 11.3 Å². The van der Waals surface area contributed by atoms with E-state index in [1.54, 1.807) is 36.4 Å². The number of ether oxygens (including phenoxy) is 1. The molecule has 0 aliphatic heterocycles. The monoisotopic (exact) mass is 341 g/mol. The van der Waals surface area contributed by atoms with Crippen LogP contribution in [-0.2, 0) is 11.3 Å². The summed E-state index contributed by atoms with van der Waals surface area (Å²) < 4.78 is 11.4. The van der Waals surface area contributed by atoms with Crippen molar-refractivity contribution in [2.75, 3.05) is 5.32 Å². The summed E-state index contributed by atoms with van der Waals surface area (Å²) in [6, 6.07) is 10.2. The van der Waals surface area contributed by atoms with Crippen molar-refractivity contribution in [3.63, 3.8) is 0 Å². The second kappa shape index (κ2) is 8.12. The van der Waals surface area contributed by atoms with Gasteiger partial charge in [0.2, 0.25) is 0 Å². The van der Waals surface area contributed by atoms with E-state index in [0.717, 1.165) is 12.8 Å². The molecule has 25 heavy (non-hydrogen) atoms. The van der Waals surface area contributed by atoms with Crippen molar-refractivity contribution in [2.24, 2.45) is 0 Å². The molecule has 5 heteroatoms. The third kappa shape index (κ3) is 4.79. The zero-order valence-corrected chi connectivity index (χ0v) is 14.4. The van der Waals surface area contributed by atoms with Crippen LogP contribution in [0.3, 0.4) is 0 Å². The highest BCUT2D eigenvalue weighted by atomic mass is 16.5. The summed E-state index contributed by atoms with van der Waals surface area (Å²) in [5.74, 6) is 0.576. The van der Waals surface area contributed by atoms with Crippen LogP contribution in [0.4, 0.5) is 5.69 Å². The summed E-state index contributed by atoms with van der Waals surface area (Å²) in [6.45, 7) is 1.90. The molecule has 0 unspecified atom stereocenters. The molecule has 1 saturated carbocycles. The smallest absolute Gasteiger partial charge is 0.291 e. The van der Waals surface area contributed by atoms with Crippen LogP contribution in [-0.4, -0.2) is 17.8 Å². The fourth-order valence-electron chi connectivity index (χ4n) is 2.99. The molecular formula is C20H23NO4. The number of amides is 1. The maximum Gasteiger partial charge on any atom is 0.291 e. The van der Waals surface area contributed by atoms with Crippen molar-refractivity contribution in [1.29, 1.82) is 0 Å². The number of anilines is 1. The predicted octanol–water partition coefficient (Wildman–Crippen LogP) is 4.58. The van der Waals surface area contributed by atoms with Gasteiger partial charge in [-0.3, -0.25) is 9.59 Å². The van der Waals surface area contributed by atoms with Crippen LogP contribution in [0.2, 0.25) is 0 Å². The first-order chi connectivity index (χ1) is 12.1. The van der Waals surface area contributed by atoms with E-state index in [-0.39, 0.29) is 17.5 Å². The minimum Gasteiger partial charge on any atom is -0.453 e. The van der Waals surface area contributed by atoms with Crippen molar-refractivity contribution in [3.8, 4) is 0 Å². The molecule has 0 spiro atoms. The molecule has 1 aromatic heterocycles. The molecule has 3 rings (SSSR count). The van der Waals surface area contributed by atoms with Crippen molar-refractivity contribution >= 4 is 17.4 Å². The van der Waals surface area contributed by atoms with Gasteiger partial charge in [0.25, 0.3) is 5.91 Å². The predicted molar refractivity (Wildman–Crippen MR) is 94.8 cm³/mol. The largest absolute Gasteiger partial charge is 0.453 e. The van der Waals surface area contributed by atoms with E-state index in [9.17, 15) is 9.59 Å². The van der Waals surface area contributed by atoms with Gasteiger partial charge in [-0.2, -0.15) is 0 Å². The molecule has 1 aliphatic rings. The lowest BCUT2D eigenvalue weighted by Crippen LogP contribution is -2.16. The summed E-state index contributed by atoms with van der Waals surface area (Å²) >= 11 is 0. The van der Waals surface area contributed by atoms with Crippen LogP contribution < -0.4 is 5.32 Å². The third-order valence-corrected chi connectivity index (χ3v) is 4.45. The molecule has 1 heterocycles. The number of furan rings is 1. The fraction of sp³-hybridized carbons (Fsp3) is 0.400. The van der Waals surface area contributed by atoms with Crippen LogP contribution in [0.25, 0.3) is 0 Å². The first-order valence-corrected chi connectivity index (χ1v) is 8.74. The third-order valence-electron chi connectivity index (χ3n) is 4.45. The molecule has 0 atom stereocenters. The second-order valence-electron chi connectivity index (χ2n) is 6.42. The molecule has 132 valence electrons. The van der Waals surface area contributed by atoms with Gasteiger partial charge in [-0.25, -0.2) is 0 Å². The zero-order chi connectivity index (χ0) is 17.6. The standard InChI is InChI=1S/C20H23NO4/c1-14(22)15-7-9-16(10-8-15)21-20(23)19-12-11-18(25-19)13-24-17-5-3-2-4-6-17/h7-12,17H,2-6,13H2,1H3,(H,21,23). The number of carbonyl (C=O) groups excluding carboxylic acids is 2. The fourth-order valence-corrected chi connectivity index (χ4v) is 2.99. The van der Waals surface area contributed by atoms with E-state index in [0.29, 0.717) is 29.7 Å². The lowest BCUT2D eigenvalue weighted by molar-refractivity contribution is 0.00849. The Morgan fingerprint density at radius 2 is 1.80 bits per heavy atom. The summed E-state index contributed by atoms with van der Waals surface area (Å²) in [7, 11) is 0. The van der Waals surface area contributed by atoms with E-state index >= 15 is 0 Å². The van der Waals surface area contributed by atoms with Crippen LogP contribution in [0.1, 0.15) is 65.7 Å². The van der Waals surface area contributed by atoms with Crippen molar-refractivity contribution < 1.29 is 18.7 Å². The Morgan fingerprint density at radius 1 is 1.08 bits per heavy atom. The average molecular weight is 341 g/mol. The normalized spacial score (nSPS) is 15.1. The number of hydrogen-bond acceptors (Lipinski definition) is 4. The van der Waals surface area contributed by atoms with Gasteiger partial charge >= 0.3 is 0 Å². The van der Waals surface area contributed by atoms with Crippen LogP contribution in [0.5, 0.6) is 0 Å². The number of Topliss-reactive ketones (excluding diaryl/α,β-unsaturated/α-hetero) is 1. The van der Waals surface area contributed by atoms with Gasteiger partial charge in [-0.15, -0.1) is 0 Å². The number of ketones is 1. The Hall–Kier alpha value is -2.40. The number of hydrogen-bond donors (Lipinski definition) is 1. The Morgan fingerprint density at radius 3 is 2.48 bits per heavy atom. The van der Waals surface area contributed by atoms with E-state index in [2.05, 4.69) is 5.32 Å². The summed E-state index contributed by atoms with van der Waals surface area (Å²) in [5.41, 5.74) is 1.23. The van der Waals surface area contributed by atoms with Crippen molar-refractivity contribution in [3.05, 3.63) is 53.5 Å². The molecule has 0 saturated heterocycles. The van der Waals surface area contributed by atoms with E-state index in [1.807, 2.05) is 0 Å². The van der Waals surface area contributed by atoms with Gasteiger partial charge in [0.15, 0.2) is 11.5 Å². The molecule has 0 radical (unpaired) electrons. The highest BCUT2D eigenvalue weighted by Crippen LogP contribution is 2.22. The first-order valence-electron chi connectivity index (χ1n) is 8.74. The summed E-state index contributed by atoms with van der Waals surface area (Å²) in [6.07, 6.45) is 6.24. The Labute approximate surface area is 147 Å². The first kappa shape index (κ1) is 17.4. The molecule has 1 aromatic carbocycles. The van der Waals surface area contributed by atoms with Crippen LogP contribution >= 0.6 is 0 Å². The average Bonchev–Trinajstić information content (AvgIpc) is 3.10. The Bertz CT molecular complexity index is 726. The Balaban J connectivity index is 1.53. The minimum absolute atomic E-state index is 0.00785. The number of rotatable bonds is 6. The molecule has 1 amide bonds. The number of carbonyl (C=O) groups is 2. The van der Waals surface area contributed by atoms with E-state index in [1.165, 1.54) is 26.2 Å². The maximum atomic E-state index is 12.2. The zero-order valence-electron chi connectivity index (χ0n) is 14.4. The van der Waals surface area contributed by atoms with E-state index in [4.69, 9.17) is 9.15 Å². The van der Waals surface area contributed by atoms with Crippen molar-refractivity contribution in [2.45, 2.75) is 51.7 Å². The Kier molecular flexibility index (Phi) is 5.66. The summed E-state index contributed by atoms with van der Waals surface area (Å²) in [5, 5.41) is 2.76. The highest BCUT2D eigenvalue weighted by molar-refractivity contribution is 6.02. The molecule has 5 nitrogen and oxygen atoms in total. The van der Waals surface area contributed by atoms with Gasteiger partial charge in [-0.1, -0.05) is 19.3 Å². The van der Waals surface area contributed by atoms with Crippen molar-refractivity contribution in [1.82, 2.24) is 0 Å². The minimum atomic E-state index is -0.320. The lowest BCUT2D eigenvalue weighted by Gasteiger charge is -2.21. The van der Waals surface area contributed by atoms with Gasteiger partial charge in [0.05, 0.1) is 6.10 Å². The SMILES string of the molecule is CC(=O)c1ccc(NC(=O)c2ccc(COC3CCCCC3)o2)cc1. The summed E-state index contributed by atoms with van der Waals surface area (Å²) in [4.78, 5) is 23.5. The number of nitrogens with one attached hydrogen (secondary N) is 1. The van der Waals surface area contributed by atoms with Gasteiger partial charge in [0.1, 0.15) is 12.4 Å². The maximum absolute atomic E-state index is 12.2. The van der Waals surface area contributed by atoms with Crippen LogP contribution in [0.15, 0.2) is 40.8 Å². The second-order valence-corrected chi connectivity index (χ2v) is 6.42. The lowest BCUT2D eigenvalue weighted by atomic mass is 9.98. The van der Waals surface area contributed by atoms with E-state index < -0.39 is 0 Å².